The Hall–Kier alpha value is -0.480. The number of nitrogens with two attached hydrogens (primary N) is 1. The van der Waals surface area contributed by atoms with E-state index in [0.717, 1.165) is 10.0 Å². The van der Waals surface area contributed by atoms with Crippen molar-refractivity contribution in [3.05, 3.63) is 27.7 Å². The van der Waals surface area contributed by atoms with Gasteiger partial charge in [0, 0.05) is 22.3 Å². The third-order valence-electron chi connectivity index (χ3n) is 2.33. The van der Waals surface area contributed by atoms with Gasteiger partial charge < -0.3 is 5.73 Å². The first-order valence-electron chi connectivity index (χ1n) is 4.51. The Morgan fingerprint density at radius 3 is 2.57 bits per heavy atom. The molecule has 0 amide bonds. The molecule has 0 fully saturated rings. The zero-order valence-corrected chi connectivity index (χ0v) is 10.1. The van der Waals surface area contributed by atoms with Crippen LogP contribution in [0.4, 0.5) is 4.39 Å². The highest BCUT2D eigenvalue weighted by molar-refractivity contribution is 9.10. The zero-order chi connectivity index (χ0) is 10.9. The van der Waals surface area contributed by atoms with Gasteiger partial charge in [-0.2, -0.15) is 4.39 Å². The SMILES string of the molecule is Cc1c(Br)cnc(F)c1C(N)C(C)C. The fraction of sp³-hybridized carbons (Fsp3) is 0.500. The molecule has 0 saturated carbocycles. The molecule has 0 bridgehead atoms. The van der Waals surface area contributed by atoms with Crippen LogP contribution in [0.2, 0.25) is 0 Å². The Balaban J connectivity index is 3.25. The van der Waals surface area contributed by atoms with Crippen molar-refractivity contribution in [3.63, 3.8) is 0 Å². The number of nitrogens with zero attached hydrogens (tertiary/aromatic N) is 1. The van der Waals surface area contributed by atoms with Crippen LogP contribution in [0.1, 0.15) is 31.0 Å². The monoisotopic (exact) mass is 260 g/mol. The molecule has 14 heavy (non-hydrogen) atoms. The minimum absolute atomic E-state index is 0.194. The summed E-state index contributed by atoms with van der Waals surface area (Å²) in [5.41, 5.74) is 7.25. The quantitative estimate of drug-likeness (QED) is 0.831. The summed E-state index contributed by atoms with van der Waals surface area (Å²) in [5, 5.41) is 0. The number of pyridine rings is 1. The predicted molar refractivity (Wildman–Crippen MR) is 58.4 cm³/mol. The topological polar surface area (TPSA) is 38.9 Å². The van der Waals surface area contributed by atoms with Crippen molar-refractivity contribution in [2.45, 2.75) is 26.8 Å². The molecule has 4 heteroatoms. The molecule has 0 aromatic carbocycles. The van der Waals surface area contributed by atoms with E-state index in [1.807, 2.05) is 20.8 Å². The van der Waals surface area contributed by atoms with Crippen molar-refractivity contribution in [1.82, 2.24) is 4.98 Å². The number of halogens is 2. The molecule has 0 radical (unpaired) electrons. The Kier molecular flexibility index (Phi) is 3.61. The molecule has 2 N–H and O–H groups in total. The number of rotatable bonds is 2. The van der Waals surface area contributed by atoms with E-state index in [4.69, 9.17) is 5.73 Å². The van der Waals surface area contributed by atoms with Crippen LogP contribution in [0.5, 0.6) is 0 Å². The molecular weight excluding hydrogens is 247 g/mol. The van der Waals surface area contributed by atoms with Crippen molar-refractivity contribution in [2.24, 2.45) is 11.7 Å². The van der Waals surface area contributed by atoms with Crippen LogP contribution in [-0.4, -0.2) is 4.98 Å². The van der Waals surface area contributed by atoms with Gasteiger partial charge in [-0.15, -0.1) is 0 Å². The second-order valence-electron chi connectivity index (χ2n) is 3.71. The lowest BCUT2D eigenvalue weighted by Crippen LogP contribution is -2.20. The highest BCUT2D eigenvalue weighted by Gasteiger charge is 2.19. The zero-order valence-electron chi connectivity index (χ0n) is 8.51. The van der Waals surface area contributed by atoms with Gasteiger partial charge in [-0.1, -0.05) is 13.8 Å². The molecule has 1 rings (SSSR count). The summed E-state index contributed by atoms with van der Waals surface area (Å²) in [5.74, 6) is -0.272. The summed E-state index contributed by atoms with van der Waals surface area (Å²) < 4.78 is 14.2. The molecule has 1 aromatic rings. The average Bonchev–Trinajstić information content (AvgIpc) is 2.12. The van der Waals surface area contributed by atoms with Crippen LogP contribution in [0, 0.1) is 18.8 Å². The molecule has 1 atom stereocenters. The fourth-order valence-electron chi connectivity index (χ4n) is 1.28. The third kappa shape index (κ3) is 2.12. The summed E-state index contributed by atoms with van der Waals surface area (Å²) in [6, 6.07) is -0.306. The number of aromatic nitrogens is 1. The van der Waals surface area contributed by atoms with Gasteiger partial charge in [0.1, 0.15) is 0 Å². The van der Waals surface area contributed by atoms with Gasteiger partial charge in [0.15, 0.2) is 0 Å². The predicted octanol–water partition coefficient (Wildman–Crippen LogP) is 2.95. The highest BCUT2D eigenvalue weighted by atomic mass is 79.9. The minimum Gasteiger partial charge on any atom is -0.324 e. The largest absolute Gasteiger partial charge is 0.324 e. The molecule has 78 valence electrons. The van der Waals surface area contributed by atoms with Gasteiger partial charge >= 0.3 is 0 Å². The standard InChI is InChI=1S/C10H14BrFN2/c1-5(2)9(13)8-6(3)7(11)4-14-10(8)12/h4-5,9H,13H2,1-3H3. The third-order valence-corrected chi connectivity index (χ3v) is 3.13. The van der Waals surface area contributed by atoms with Gasteiger partial charge in [-0.05, 0) is 34.3 Å². The number of hydrogen-bond donors (Lipinski definition) is 1. The first-order valence-corrected chi connectivity index (χ1v) is 5.30. The molecule has 0 aliphatic carbocycles. The van der Waals surface area contributed by atoms with Crippen LogP contribution in [-0.2, 0) is 0 Å². The Labute approximate surface area is 91.8 Å². The van der Waals surface area contributed by atoms with Crippen LogP contribution in [0.15, 0.2) is 10.7 Å². The van der Waals surface area contributed by atoms with E-state index in [-0.39, 0.29) is 12.0 Å². The summed E-state index contributed by atoms with van der Waals surface area (Å²) >= 11 is 3.31. The minimum atomic E-state index is -0.466. The molecule has 1 aromatic heterocycles. The van der Waals surface area contributed by atoms with Crippen LogP contribution in [0.25, 0.3) is 0 Å². The second kappa shape index (κ2) is 4.36. The van der Waals surface area contributed by atoms with Gasteiger partial charge in [-0.25, -0.2) is 4.98 Å². The molecule has 1 heterocycles. The van der Waals surface area contributed by atoms with Crippen molar-refractivity contribution >= 4 is 15.9 Å². The lowest BCUT2D eigenvalue weighted by Gasteiger charge is -2.19. The van der Waals surface area contributed by atoms with E-state index in [0.29, 0.717) is 5.56 Å². The van der Waals surface area contributed by atoms with E-state index in [2.05, 4.69) is 20.9 Å². The van der Waals surface area contributed by atoms with Crippen LogP contribution >= 0.6 is 15.9 Å². The van der Waals surface area contributed by atoms with E-state index in [1.165, 1.54) is 6.20 Å². The van der Waals surface area contributed by atoms with E-state index in [1.54, 1.807) is 0 Å². The van der Waals surface area contributed by atoms with Gasteiger partial charge in [0.05, 0.1) is 0 Å². The fourth-order valence-corrected chi connectivity index (χ4v) is 1.60. The Bertz CT molecular complexity index is 339. The molecule has 1 unspecified atom stereocenters. The van der Waals surface area contributed by atoms with Crippen molar-refractivity contribution in [3.8, 4) is 0 Å². The Morgan fingerprint density at radius 2 is 2.07 bits per heavy atom. The summed E-state index contributed by atoms with van der Waals surface area (Å²) in [6.07, 6.45) is 1.46. The average molecular weight is 261 g/mol. The maximum absolute atomic E-state index is 13.4. The summed E-state index contributed by atoms with van der Waals surface area (Å²) in [7, 11) is 0. The lowest BCUT2D eigenvalue weighted by molar-refractivity contribution is 0.469. The molecular formula is C10H14BrFN2. The van der Waals surface area contributed by atoms with Crippen molar-refractivity contribution in [2.75, 3.05) is 0 Å². The normalized spacial score (nSPS) is 13.4. The summed E-state index contributed by atoms with van der Waals surface area (Å²) in [6.45, 7) is 5.77. The maximum Gasteiger partial charge on any atom is 0.217 e. The smallest absolute Gasteiger partial charge is 0.217 e. The van der Waals surface area contributed by atoms with E-state index < -0.39 is 5.95 Å². The number of hydrogen-bond acceptors (Lipinski definition) is 2. The van der Waals surface area contributed by atoms with Crippen molar-refractivity contribution in [1.29, 1.82) is 0 Å². The van der Waals surface area contributed by atoms with Crippen molar-refractivity contribution < 1.29 is 4.39 Å². The molecule has 0 aliphatic rings. The Morgan fingerprint density at radius 1 is 1.50 bits per heavy atom. The highest BCUT2D eigenvalue weighted by Crippen LogP contribution is 2.28. The van der Waals surface area contributed by atoms with Crippen LogP contribution in [0.3, 0.4) is 0 Å². The second-order valence-corrected chi connectivity index (χ2v) is 4.56. The first kappa shape index (κ1) is 11.6. The first-order chi connectivity index (χ1) is 6.45. The van der Waals surface area contributed by atoms with Gasteiger partial charge in [-0.3, -0.25) is 0 Å². The lowest BCUT2D eigenvalue weighted by atomic mass is 9.95. The molecule has 0 aliphatic heterocycles. The van der Waals surface area contributed by atoms with E-state index >= 15 is 0 Å². The summed E-state index contributed by atoms with van der Waals surface area (Å²) in [4.78, 5) is 3.65. The van der Waals surface area contributed by atoms with E-state index in [9.17, 15) is 4.39 Å². The molecule has 0 saturated heterocycles. The van der Waals surface area contributed by atoms with Crippen LogP contribution < -0.4 is 5.73 Å². The molecule has 0 spiro atoms. The molecule has 2 nitrogen and oxygen atoms in total. The van der Waals surface area contributed by atoms with Gasteiger partial charge in [0.25, 0.3) is 0 Å². The maximum atomic E-state index is 13.4. The van der Waals surface area contributed by atoms with Gasteiger partial charge in [0.2, 0.25) is 5.95 Å².